The van der Waals surface area contributed by atoms with E-state index in [1.165, 1.54) is 11.3 Å². The molecule has 0 saturated carbocycles. The first kappa shape index (κ1) is 33.0. The van der Waals surface area contributed by atoms with Crippen molar-refractivity contribution in [2.45, 2.75) is 37.7 Å². The molecule has 4 aromatic rings. The Morgan fingerprint density at radius 1 is 1.00 bits per heavy atom. The Bertz CT molecular complexity index is 1500. The molecule has 0 amide bonds. The van der Waals surface area contributed by atoms with Crippen molar-refractivity contribution < 1.29 is 46.1 Å². The average Bonchev–Trinajstić information content (AvgIpc) is 3.53. The summed E-state index contributed by atoms with van der Waals surface area (Å²) >= 11 is 0. The minimum Gasteiger partial charge on any atom is -0.475 e. The number of likely N-dealkylation sites (tertiary alicyclic amines) is 1. The van der Waals surface area contributed by atoms with Crippen molar-refractivity contribution in [2.75, 3.05) is 13.1 Å². The van der Waals surface area contributed by atoms with Gasteiger partial charge in [0.25, 0.3) is 0 Å². The van der Waals surface area contributed by atoms with Crippen molar-refractivity contribution >= 4 is 23.0 Å². The van der Waals surface area contributed by atoms with Crippen molar-refractivity contribution in [3.05, 3.63) is 60.6 Å². The molecule has 1 aliphatic rings. The molecule has 0 atom stereocenters. The van der Waals surface area contributed by atoms with Gasteiger partial charge in [-0.25, -0.2) is 14.6 Å². The summed E-state index contributed by atoms with van der Waals surface area (Å²) in [7, 11) is 4.01. The molecular weight excluding hydrogens is 588 g/mol. The smallest absolute Gasteiger partial charge is 0.475 e. The van der Waals surface area contributed by atoms with Crippen molar-refractivity contribution in [3.8, 4) is 11.3 Å². The Balaban J connectivity index is 0.000000303. The van der Waals surface area contributed by atoms with Gasteiger partial charge < -0.3 is 14.8 Å². The second kappa shape index (κ2) is 13.6. The fourth-order valence-electron chi connectivity index (χ4n) is 4.26. The molecule has 5 heterocycles. The molecule has 232 valence electrons. The minimum atomic E-state index is -5.08. The van der Waals surface area contributed by atoms with Crippen LogP contribution in [0.15, 0.2) is 49.3 Å². The number of hydrogen-bond acceptors (Lipinski definition) is 7. The lowest BCUT2D eigenvalue weighted by molar-refractivity contribution is -0.193. The third-order valence-electron chi connectivity index (χ3n) is 6.32. The maximum Gasteiger partial charge on any atom is 0.490 e. The van der Waals surface area contributed by atoms with Crippen LogP contribution in [0, 0.1) is 0 Å². The van der Waals surface area contributed by atoms with E-state index in [2.05, 4.69) is 42.9 Å². The number of rotatable bonds is 4. The molecule has 0 aromatic carbocycles. The van der Waals surface area contributed by atoms with Gasteiger partial charge in [-0.05, 0) is 44.1 Å². The first-order valence-corrected chi connectivity index (χ1v) is 12.6. The van der Waals surface area contributed by atoms with E-state index >= 15 is 0 Å². The molecule has 2 N–H and O–H groups in total. The Morgan fingerprint density at radius 3 is 2.09 bits per heavy atom. The van der Waals surface area contributed by atoms with Crippen LogP contribution in [-0.4, -0.2) is 81.8 Å². The summed E-state index contributed by atoms with van der Waals surface area (Å²) in [5.41, 5.74) is 6.47. The monoisotopic (exact) mass is 615 g/mol. The standard InChI is InChI=1S/C22H25N7.2C2HF3O2/c1-27-15-24-22-20(27)10-19(26-21(22)18-4-3-7-23-12-18)17-5-8-29(9-6-17)14-16-11-25-28(2)13-16;2*3-2(4,5)1(6)7/h3-4,7,10-13,15,17H,5-6,8-9,14H2,1-2H3;2*(H,6,7). The van der Waals surface area contributed by atoms with Crippen LogP contribution < -0.4 is 0 Å². The van der Waals surface area contributed by atoms with E-state index < -0.39 is 24.3 Å². The Hall–Kier alpha value is -4.54. The molecule has 43 heavy (non-hydrogen) atoms. The normalized spacial score (nSPS) is 14.4. The molecule has 5 rings (SSSR count). The highest BCUT2D eigenvalue weighted by atomic mass is 19.4. The molecule has 11 nitrogen and oxygen atoms in total. The van der Waals surface area contributed by atoms with Gasteiger partial charge >= 0.3 is 24.3 Å². The summed E-state index contributed by atoms with van der Waals surface area (Å²) in [4.78, 5) is 34.3. The van der Waals surface area contributed by atoms with Crippen LogP contribution in [0.5, 0.6) is 0 Å². The van der Waals surface area contributed by atoms with E-state index in [9.17, 15) is 26.3 Å². The summed E-state index contributed by atoms with van der Waals surface area (Å²) in [5, 5.41) is 18.5. The molecular formula is C26H27F6N7O4. The Morgan fingerprint density at radius 2 is 1.60 bits per heavy atom. The molecule has 4 aromatic heterocycles. The third-order valence-corrected chi connectivity index (χ3v) is 6.32. The number of imidazole rings is 1. The van der Waals surface area contributed by atoms with Gasteiger partial charge in [0.2, 0.25) is 0 Å². The molecule has 1 saturated heterocycles. The van der Waals surface area contributed by atoms with Crippen molar-refractivity contribution in [3.63, 3.8) is 0 Å². The number of aliphatic carboxylic acids is 2. The fourth-order valence-corrected chi connectivity index (χ4v) is 4.26. The fraction of sp³-hybridized carbons (Fsp3) is 0.385. The summed E-state index contributed by atoms with van der Waals surface area (Å²) in [6, 6.07) is 6.24. The van der Waals surface area contributed by atoms with Gasteiger partial charge in [-0.15, -0.1) is 0 Å². The van der Waals surface area contributed by atoms with E-state index in [1.54, 1.807) is 6.20 Å². The van der Waals surface area contributed by atoms with E-state index in [0.717, 1.165) is 54.8 Å². The van der Waals surface area contributed by atoms with Gasteiger partial charge in [-0.3, -0.25) is 19.5 Å². The number of pyridine rings is 2. The second-order valence-electron chi connectivity index (χ2n) is 9.54. The number of aromatic nitrogens is 6. The van der Waals surface area contributed by atoms with Gasteiger partial charge in [-0.2, -0.15) is 31.4 Å². The van der Waals surface area contributed by atoms with E-state index in [0.29, 0.717) is 5.92 Å². The number of piperidine rings is 1. The number of carbonyl (C=O) groups is 2. The van der Waals surface area contributed by atoms with Gasteiger partial charge in [0.05, 0.1) is 23.7 Å². The predicted molar refractivity (Wildman–Crippen MR) is 140 cm³/mol. The number of carboxylic acids is 2. The SMILES string of the molecule is Cn1cc(CN2CCC(c3cc4c(ncn4C)c(-c4cccnc4)n3)CC2)cn1.O=C(O)C(F)(F)F.O=C(O)C(F)(F)F. The van der Waals surface area contributed by atoms with E-state index in [-0.39, 0.29) is 0 Å². The largest absolute Gasteiger partial charge is 0.490 e. The minimum absolute atomic E-state index is 0.467. The number of halogens is 6. The maximum atomic E-state index is 10.6. The van der Waals surface area contributed by atoms with Crippen LogP contribution in [0.1, 0.15) is 30.0 Å². The highest BCUT2D eigenvalue weighted by molar-refractivity contribution is 5.89. The number of nitrogens with zero attached hydrogens (tertiary/aromatic N) is 7. The van der Waals surface area contributed by atoms with E-state index in [4.69, 9.17) is 24.8 Å². The Labute approximate surface area is 240 Å². The van der Waals surface area contributed by atoms with Gasteiger partial charge in [-0.1, -0.05) is 0 Å². The van der Waals surface area contributed by atoms with Gasteiger partial charge in [0, 0.05) is 62.0 Å². The number of hydrogen-bond donors (Lipinski definition) is 2. The van der Waals surface area contributed by atoms with Crippen LogP contribution >= 0.6 is 0 Å². The van der Waals surface area contributed by atoms with Crippen molar-refractivity contribution in [1.82, 2.24) is 34.2 Å². The zero-order chi connectivity index (χ0) is 31.9. The highest BCUT2D eigenvalue weighted by Crippen LogP contribution is 2.33. The maximum absolute atomic E-state index is 10.6. The predicted octanol–water partition coefficient (Wildman–Crippen LogP) is 4.41. The summed E-state index contributed by atoms with van der Waals surface area (Å²) in [6.07, 6.45) is 1.66. The van der Waals surface area contributed by atoms with Crippen LogP contribution in [0.25, 0.3) is 22.3 Å². The molecule has 0 bridgehead atoms. The van der Waals surface area contributed by atoms with Gasteiger partial charge in [0.15, 0.2) is 0 Å². The van der Waals surface area contributed by atoms with Crippen molar-refractivity contribution in [1.29, 1.82) is 0 Å². The van der Waals surface area contributed by atoms with Crippen LogP contribution in [0.3, 0.4) is 0 Å². The quantitative estimate of drug-likeness (QED) is 0.320. The number of alkyl halides is 6. The topological polar surface area (TPSA) is 139 Å². The molecule has 0 aliphatic carbocycles. The summed E-state index contributed by atoms with van der Waals surface area (Å²) < 4.78 is 67.4. The van der Waals surface area contributed by atoms with Crippen LogP contribution in [0.2, 0.25) is 0 Å². The highest BCUT2D eigenvalue weighted by Gasteiger charge is 2.38. The lowest BCUT2D eigenvalue weighted by Crippen LogP contribution is -2.32. The second-order valence-corrected chi connectivity index (χ2v) is 9.54. The lowest BCUT2D eigenvalue weighted by Gasteiger charge is -2.31. The number of fused-ring (bicyclic) bond motifs is 1. The molecule has 0 radical (unpaired) electrons. The summed E-state index contributed by atoms with van der Waals surface area (Å²) in [5.74, 6) is -5.05. The molecule has 1 fully saturated rings. The lowest BCUT2D eigenvalue weighted by atomic mass is 9.92. The first-order valence-electron chi connectivity index (χ1n) is 12.6. The van der Waals surface area contributed by atoms with Gasteiger partial charge in [0.1, 0.15) is 5.52 Å². The molecule has 17 heteroatoms. The first-order chi connectivity index (χ1) is 20.1. The third kappa shape index (κ3) is 9.22. The van der Waals surface area contributed by atoms with Crippen molar-refractivity contribution in [2.24, 2.45) is 14.1 Å². The zero-order valence-corrected chi connectivity index (χ0v) is 22.8. The van der Waals surface area contributed by atoms with Crippen LogP contribution in [-0.2, 0) is 30.2 Å². The molecule has 0 spiro atoms. The zero-order valence-electron chi connectivity index (χ0n) is 22.8. The van der Waals surface area contributed by atoms with Crippen LogP contribution in [0.4, 0.5) is 26.3 Å². The number of carboxylic acid groups (broad SMARTS) is 2. The molecule has 1 aliphatic heterocycles. The number of aryl methyl sites for hydroxylation is 2. The average molecular weight is 616 g/mol. The summed E-state index contributed by atoms with van der Waals surface area (Å²) in [6.45, 7) is 3.12. The molecule has 0 unspecified atom stereocenters. The Kier molecular flexibility index (Phi) is 10.4. The van der Waals surface area contributed by atoms with E-state index in [1.807, 2.05) is 43.6 Å².